The lowest BCUT2D eigenvalue weighted by Gasteiger charge is -2.10. The molecule has 0 saturated heterocycles. The first-order valence-electron chi connectivity index (χ1n) is 7.95. The van der Waals surface area contributed by atoms with Gasteiger partial charge in [-0.1, -0.05) is 48.5 Å². The maximum absolute atomic E-state index is 12.5. The molecule has 0 unspecified atom stereocenters. The Morgan fingerprint density at radius 2 is 1.69 bits per heavy atom. The Morgan fingerprint density at radius 3 is 2.35 bits per heavy atom. The predicted molar refractivity (Wildman–Crippen MR) is 97.5 cm³/mol. The van der Waals surface area contributed by atoms with Crippen LogP contribution < -0.4 is 11.1 Å². The van der Waals surface area contributed by atoms with E-state index < -0.39 is 5.92 Å². The molecule has 1 aromatic heterocycles. The Kier molecular flexibility index (Phi) is 5.15. The van der Waals surface area contributed by atoms with E-state index in [0.29, 0.717) is 0 Å². The Hall–Kier alpha value is -3.79. The number of rotatable bonds is 6. The number of nitrogens with zero attached hydrogens (tertiary/aromatic N) is 4. The molecule has 0 radical (unpaired) electrons. The molecule has 0 fully saturated rings. The first-order chi connectivity index (χ1) is 12.7. The molecule has 0 saturated carbocycles. The third-order valence-electron chi connectivity index (χ3n) is 3.63. The van der Waals surface area contributed by atoms with Crippen molar-refractivity contribution < 1.29 is 4.79 Å². The number of anilines is 3. The summed E-state index contributed by atoms with van der Waals surface area (Å²) in [6.45, 7) is 0. The first kappa shape index (κ1) is 17.0. The van der Waals surface area contributed by atoms with Crippen molar-refractivity contribution in [2.24, 2.45) is 0 Å². The third-order valence-corrected chi connectivity index (χ3v) is 3.63. The number of carbonyl (C=O) groups excluding carboxylic acids is 1. The SMILES string of the molecule is N#C[C@@H](C(=O)Cc1ccccc1)c1nc(N)nc(Nc2ccccc2)n1. The summed E-state index contributed by atoms with van der Waals surface area (Å²) >= 11 is 0. The highest BCUT2D eigenvalue weighted by molar-refractivity contribution is 5.89. The van der Waals surface area contributed by atoms with Gasteiger partial charge in [0.05, 0.1) is 6.07 Å². The summed E-state index contributed by atoms with van der Waals surface area (Å²) in [6, 6.07) is 20.4. The van der Waals surface area contributed by atoms with Crippen molar-refractivity contribution in [2.75, 3.05) is 11.1 Å². The minimum Gasteiger partial charge on any atom is -0.368 e. The quantitative estimate of drug-likeness (QED) is 0.705. The lowest BCUT2D eigenvalue weighted by atomic mass is 9.98. The van der Waals surface area contributed by atoms with Crippen molar-refractivity contribution in [2.45, 2.75) is 12.3 Å². The molecule has 1 atom stereocenters. The summed E-state index contributed by atoms with van der Waals surface area (Å²) in [5.41, 5.74) is 7.31. The summed E-state index contributed by atoms with van der Waals surface area (Å²) in [5, 5.41) is 12.5. The van der Waals surface area contributed by atoms with Crippen LogP contribution in [0.15, 0.2) is 60.7 Å². The van der Waals surface area contributed by atoms with Gasteiger partial charge in [-0.25, -0.2) is 0 Å². The zero-order valence-corrected chi connectivity index (χ0v) is 13.8. The van der Waals surface area contributed by atoms with E-state index in [1.807, 2.05) is 66.7 Å². The summed E-state index contributed by atoms with van der Waals surface area (Å²) in [6.07, 6.45) is 0.117. The van der Waals surface area contributed by atoms with Crippen LogP contribution in [0.25, 0.3) is 0 Å². The van der Waals surface area contributed by atoms with E-state index in [2.05, 4.69) is 20.3 Å². The number of carbonyl (C=O) groups is 1. The van der Waals surface area contributed by atoms with Crippen LogP contribution in [0.4, 0.5) is 17.6 Å². The molecule has 2 aromatic carbocycles. The second kappa shape index (κ2) is 7.85. The average molecular weight is 344 g/mol. The molecule has 128 valence electrons. The number of hydrogen-bond acceptors (Lipinski definition) is 7. The van der Waals surface area contributed by atoms with Gasteiger partial charge in [0.15, 0.2) is 17.5 Å². The van der Waals surface area contributed by atoms with Gasteiger partial charge in [-0.15, -0.1) is 0 Å². The predicted octanol–water partition coefficient (Wildman–Crippen LogP) is 2.62. The lowest BCUT2D eigenvalue weighted by Crippen LogP contribution is -2.18. The number of nitrogens with two attached hydrogens (primary N) is 1. The monoisotopic (exact) mass is 344 g/mol. The van der Waals surface area contributed by atoms with E-state index in [1.165, 1.54) is 0 Å². The van der Waals surface area contributed by atoms with Crippen LogP contribution in [-0.4, -0.2) is 20.7 Å². The lowest BCUT2D eigenvalue weighted by molar-refractivity contribution is -0.118. The van der Waals surface area contributed by atoms with E-state index in [-0.39, 0.29) is 29.9 Å². The van der Waals surface area contributed by atoms with Gasteiger partial charge in [0.2, 0.25) is 11.9 Å². The first-order valence-corrected chi connectivity index (χ1v) is 7.95. The molecule has 3 rings (SSSR count). The highest BCUT2D eigenvalue weighted by Gasteiger charge is 2.24. The van der Waals surface area contributed by atoms with Crippen molar-refractivity contribution in [3.8, 4) is 6.07 Å². The Morgan fingerprint density at radius 1 is 1.04 bits per heavy atom. The third kappa shape index (κ3) is 4.19. The normalized spacial score (nSPS) is 11.3. The molecule has 0 spiro atoms. The number of para-hydroxylation sites is 1. The Balaban J connectivity index is 1.84. The second-order valence-corrected chi connectivity index (χ2v) is 5.56. The number of nitrogen functional groups attached to an aromatic ring is 1. The highest BCUT2D eigenvalue weighted by atomic mass is 16.1. The summed E-state index contributed by atoms with van der Waals surface area (Å²) in [7, 11) is 0. The zero-order chi connectivity index (χ0) is 18.4. The number of hydrogen-bond donors (Lipinski definition) is 2. The van der Waals surface area contributed by atoms with E-state index >= 15 is 0 Å². The molecule has 0 bridgehead atoms. The van der Waals surface area contributed by atoms with E-state index in [1.54, 1.807) is 0 Å². The number of aromatic nitrogens is 3. The molecule has 0 aliphatic heterocycles. The van der Waals surface area contributed by atoms with Crippen molar-refractivity contribution in [3.05, 3.63) is 72.1 Å². The topological polar surface area (TPSA) is 118 Å². The van der Waals surface area contributed by atoms with Gasteiger partial charge in [-0.05, 0) is 17.7 Å². The average Bonchev–Trinajstić information content (AvgIpc) is 2.63. The number of ketones is 1. The molecule has 0 aliphatic rings. The zero-order valence-electron chi connectivity index (χ0n) is 13.8. The van der Waals surface area contributed by atoms with E-state index in [4.69, 9.17) is 5.73 Å². The number of Topliss-reactive ketones (excluding diaryl/α,β-unsaturated/α-hetero) is 1. The smallest absolute Gasteiger partial charge is 0.232 e. The fourth-order valence-corrected chi connectivity index (χ4v) is 2.42. The summed E-state index contributed by atoms with van der Waals surface area (Å²) in [5.74, 6) is -1.24. The van der Waals surface area contributed by atoms with Crippen molar-refractivity contribution in [1.29, 1.82) is 5.26 Å². The summed E-state index contributed by atoms with van der Waals surface area (Å²) < 4.78 is 0. The summed E-state index contributed by atoms with van der Waals surface area (Å²) in [4.78, 5) is 24.7. The van der Waals surface area contributed by atoms with Crippen LogP contribution in [0.3, 0.4) is 0 Å². The molecular formula is C19H16N6O. The maximum atomic E-state index is 12.5. The number of benzene rings is 2. The van der Waals surface area contributed by atoms with Crippen LogP contribution in [0.1, 0.15) is 17.3 Å². The molecular weight excluding hydrogens is 328 g/mol. The maximum Gasteiger partial charge on any atom is 0.232 e. The molecule has 0 amide bonds. The fraction of sp³-hybridized carbons (Fsp3) is 0.105. The van der Waals surface area contributed by atoms with Gasteiger partial charge in [-0.2, -0.15) is 20.2 Å². The Labute approximate surface area is 150 Å². The molecule has 1 heterocycles. The molecule has 3 aromatic rings. The van der Waals surface area contributed by atoms with E-state index in [0.717, 1.165) is 11.3 Å². The van der Waals surface area contributed by atoms with Gasteiger partial charge in [0.1, 0.15) is 0 Å². The van der Waals surface area contributed by atoms with Gasteiger partial charge >= 0.3 is 0 Å². The van der Waals surface area contributed by atoms with Crippen LogP contribution >= 0.6 is 0 Å². The van der Waals surface area contributed by atoms with Gasteiger partial charge in [0, 0.05) is 12.1 Å². The minimum atomic E-state index is -1.11. The van der Waals surface area contributed by atoms with Gasteiger partial charge in [0.25, 0.3) is 0 Å². The Bertz CT molecular complexity index is 937. The van der Waals surface area contributed by atoms with Crippen LogP contribution in [0.5, 0.6) is 0 Å². The van der Waals surface area contributed by atoms with Crippen molar-refractivity contribution in [1.82, 2.24) is 15.0 Å². The molecule has 7 nitrogen and oxygen atoms in total. The molecule has 3 N–H and O–H groups in total. The standard InChI is InChI=1S/C19H16N6O/c20-12-15(16(26)11-13-7-3-1-4-8-13)17-23-18(21)25-19(24-17)22-14-9-5-2-6-10-14/h1-10,15H,11H2,(H3,21,22,23,24,25)/t15-/m0/s1. The number of nitriles is 1. The van der Waals surface area contributed by atoms with Crippen molar-refractivity contribution >= 4 is 23.4 Å². The van der Waals surface area contributed by atoms with Crippen molar-refractivity contribution in [3.63, 3.8) is 0 Å². The van der Waals surface area contributed by atoms with Gasteiger partial charge in [-0.3, -0.25) is 4.79 Å². The molecule has 26 heavy (non-hydrogen) atoms. The van der Waals surface area contributed by atoms with E-state index in [9.17, 15) is 10.1 Å². The minimum absolute atomic E-state index is 0.0411. The molecule has 0 aliphatic carbocycles. The van der Waals surface area contributed by atoms with Crippen LogP contribution in [0, 0.1) is 11.3 Å². The molecule has 7 heteroatoms. The second-order valence-electron chi connectivity index (χ2n) is 5.56. The largest absolute Gasteiger partial charge is 0.368 e. The van der Waals surface area contributed by atoms with Crippen LogP contribution in [0.2, 0.25) is 0 Å². The van der Waals surface area contributed by atoms with Gasteiger partial charge < -0.3 is 11.1 Å². The highest BCUT2D eigenvalue weighted by Crippen LogP contribution is 2.19. The number of nitrogens with one attached hydrogen (secondary N) is 1. The van der Waals surface area contributed by atoms with Crippen LogP contribution in [-0.2, 0) is 11.2 Å². The fourth-order valence-electron chi connectivity index (χ4n) is 2.42.